The van der Waals surface area contributed by atoms with E-state index in [0.29, 0.717) is 49.5 Å². The van der Waals surface area contributed by atoms with E-state index in [0.717, 1.165) is 24.8 Å². The van der Waals surface area contributed by atoms with Crippen molar-refractivity contribution in [2.24, 2.45) is 11.8 Å². The SMILES string of the molecule is CCCNC(=O)[C@@H]1[C@@H]2CCC3(O2)C(C(=O)Nc2c(C)cccc2Cl)N(CCCCCCO)C(=O)[C@H]13. The van der Waals surface area contributed by atoms with Crippen LogP contribution in [0.4, 0.5) is 5.69 Å². The molecule has 0 saturated carbocycles. The molecule has 3 N–H and O–H groups in total. The molecule has 8 nitrogen and oxygen atoms in total. The first-order chi connectivity index (χ1) is 16.9. The Labute approximate surface area is 211 Å². The third kappa shape index (κ3) is 4.68. The normalized spacial score (nSPS) is 28.9. The lowest BCUT2D eigenvalue weighted by molar-refractivity contribution is -0.140. The number of carbonyl (C=O) groups excluding carboxylic acids is 3. The number of rotatable bonds is 11. The summed E-state index contributed by atoms with van der Waals surface area (Å²) in [5.74, 6) is -1.93. The number of hydrogen-bond donors (Lipinski definition) is 3. The number of ether oxygens (including phenoxy) is 1. The first-order valence-corrected chi connectivity index (χ1v) is 13.2. The molecule has 3 saturated heterocycles. The highest BCUT2D eigenvalue weighted by Crippen LogP contribution is 2.58. The number of likely N-dealkylation sites (tertiary alicyclic amines) is 1. The second-order valence-corrected chi connectivity index (χ2v) is 10.3. The van der Waals surface area contributed by atoms with Crippen molar-refractivity contribution in [2.75, 3.05) is 25.0 Å². The number of benzene rings is 1. The Hall–Kier alpha value is -2.16. The maximum atomic E-state index is 13.8. The van der Waals surface area contributed by atoms with E-state index >= 15 is 0 Å². The molecule has 3 aliphatic heterocycles. The van der Waals surface area contributed by atoms with Crippen LogP contribution in [0.3, 0.4) is 0 Å². The van der Waals surface area contributed by atoms with Crippen LogP contribution in [0.5, 0.6) is 0 Å². The van der Waals surface area contributed by atoms with Crippen molar-refractivity contribution in [3.63, 3.8) is 0 Å². The molecular formula is C26H36ClN3O5. The topological polar surface area (TPSA) is 108 Å². The average Bonchev–Trinajstić information content (AvgIpc) is 3.47. The van der Waals surface area contributed by atoms with Gasteiger partial charge >= 0.3 is 0 Å². The third-order valence-electron chi connectivity index (χ3n) is 7.68. The Morgan fingerprint density at radius 3 is 2.71 bits per heavy atom. The zero-order valence-corrected chi connectivity index (χ0v) is 21.3. The molecule has 2 bridgehead atoms. The fourth-order valence-electron chi connectivity index (χ4n) is 6.09. The molecule has 4 rings (SSSR count). The van der Waals surface area contributed by atoms with E-state index in [1.807, 2.05) is 26.0 Å². The predicted octanol–water partition coefficient (Wildman–Crippen LogP) is 3.04. The number of aryl methyl sites for hydroxylation is 1. The zero-order valence-electron chi connectivity index (χ0n) is 20.5. The maximum absolute atomic E-state index is 13.8. The van der Waals surface area contributed by atoms with Crippen LogP contribution >= 0.6 is 11.6 Å². The van der Waals surface area contributed by atoms with E-state index < -0.39 is 23.5 Å². The van der Waals surface area contributed by atoms with Crippen LogP contribution in [0.15, 0.2) is 18.2 Å². The number of halogens is 1. The van der Waals surface area contributed by atoms with E-state index in [4.69, 9.17) is 21.4 Å². The molecule has 3 aliphatic rings. The Morgan fingerprint density at radius 2 is 2.00 bits per heavy atom. The smallest absolute Gasteiger partial charge is 0.250 e. The van der Waals surface area contributed by atoms with Crippen molar-refractivity contribution in [3.05, 3.63) is 28.8 Å². The summed E-state index contributed by atoms with van der Waals surface area (Å²) < 4.78 is 6.42. The van der Waals surface area contributed by atoms with Gasteiger partial charge in [0.2, 0.25) is 17.7 Å². The number of carbonyl (C=O) groups is 3. The van der Waals surface area contributed by atoms with Crippen LogP contribution in [-0.2, 0) is 19.1 Å². The lowest BCUT2D eigenvalue weighted by Crippen LogP contribution is -2.53. The Balaban J connectivity index is 1.63. The van der Waals surface area contributed by atoms with Gasteiger partial charge in [-0.2, -0.15) is 0 Å². The van der Waals surface area contributed by atoms with Crippen LogP contribution in [0, 0.1) is 18.8 Å². The number of amides is 3. The molecule has 0 aromatic heterocycles. The van der Waals surface area contributed by atoms with Crippen molar-refractivity contribution in [1.29, 1.82) is 0 Å². The van der Waals surface area contributed by atoms with Crippen LogP contribution in [0.2, 0.25) is 5.02 Å². The third-order valence-corrected chi connectivity index (χ3v) is 7.99. The van der Waals surface area contributed by atoms with E-state index in [2.05, 4.69) is 10.6 Å². The largest absolute Gasteiger partial charge is 0.396 e. The van der Waals surface area contributed by atoms with Gasteiger partial charge < -0.3 is 25.4 Å². The number of anilines is 1. The van der Waals surface area contributed by atoms with Gasteiger partial charge in [-0.1, -0.05) is 43.5 Å². The average molecular weight is 506 g/mol. The maximum Gasteiger partial charge on any atom is 0.250 e. The number of nitrogens with zero attached hydrogens (tertiary/aromatic N) is 1. The number of unbranched alkanes of at least 4 members (excludes halogenated alkanes) is 3. The summed E-state index contributed by atoms with van der Waals surface area (Å²) >= 11 is 6.38. The lowest BCUT2D eigenvalue weighted by atomic mass is 9.70. The number of para-hydroxylation sites is 1. The quantitative estimate of drug-likeness (QED) is 0.401. The lowest BCUT2D eigenvalue weighted by Gasteiger charge is -2.33. The van der Waals surface area contributed by atoms with E-state index in [9.17, 15) is 14.4 Å². The molecule has 2 unspecified atom stereocenters. The van der Waals surface area contributed by atoms with Crippen molar-refractivity contribution in [3.8, 4) is 0 Å². The Morgan fingerprint density at radius 1 is 1.23 bits per heavy atom. The van der Waals surface area contributed by atoms with Crippen LogP contribution < -0.4 is 10.6 Å². The number of aliphatic hydroxyl groups excluding tert-OH is 1. The predicted molar refractivity (Wildman–Crippen MR) is 133 cm³/mol. The number of aliphatic hydroxyl groups is 1. The molecule has 5 atom stereocenters. The molecule has 35 heavy (non-hydrogen) atoms. The molecule has 3 amide bonds. The zero-order chi connectivity index (χ0) is 25.2. The molecule has 3 heterocycles. The summed E-state index contributed by atoms with van der Waals surface area (Å²) in [6.07, 6.45) is 4.76. The van der Waals surface area contributed by atoms with Gasteiger partial charge in [-0.25, -0.2) is 0 Å². The molecule has 1 spiro atoms. The standard InChI is InChI=1S/C26H36ClN3O5/c1-3-13-28-23(32)19-18-11-12-26(35-18)20(19)25(34)30(14-6-4-5-7-15-31)22(26)24(33)29-21-16(2)9-8-10-17(21)27/h8-10,18-20,22,31H,3-7,11-15H2,1-2H3,(H,28,32)(H,29,33)/t18-,19+,20-,22?,26?/m0/s1. The molecule has 1 aromatic carbocycles. The monoisotopic (exact) mass is 505 g/mol. The molecule has 3 fully saturated rings. The second-order valence-electron chi connectivity index (χ2n) is 9.94. The summed E-state index contributed by atoms with van der Waals surface area (Å²) in [5.41, 5.74) is 0.340. The minimum Gasteiger partial charge on any atom is -0.396 e. The van der Waals surface area contributed by atoms with Crippen molar-refractivity contribution in [2.45, 2.75) is 76.5 Å². The van der Waals surface area contributed by atoms with Gasteiger partial charge in [-0.05, 0) is 50.7 Å². The van der Waals surface area contributed by atoms with Crippen molar-refractivity contribution in [1.82, 2.24) is 10.2 Å². The van der Waals surface area contributed by atoms with E-state index in [-0.39, 0.29) is 30.4 Å². The highest BCUT2D eigenvalue weighted by molar-refractivity contribution is 6.34. The van der Waals surface area contributed by atoms with Crippen molar-refractivity contribution >= 4 is 35.0 Å². The number of nitrogens with one attached hydrogen (secondary N) is 2. The second kappa shape index (κ2) is 10.8. The fraction of sp³-hybridized carbons (Fsp3) is 0.654. The molecule has 192 valence electrons. The highest BCUT2D eigenvalue weighted by Gasteiger charge is 2.74. The molecule has 0 radical (unpaired) electrons. The molecular weight excluding hydrogens is 470 g/mol. The van der Waals surface area contributed by atoms with E-state index in [1.165, 1.54) is 0 Å². The van der Waals surface area contributed by atoms with Gasteiger partial charge in [0, 0.05) is 19.7 Å². The van der Waals surface area contributed by atoms with Crippen LogP contribution in [0.1, 0.15) is 57.4 Å². The van der Waals surface area contributed by atoms with Gasteiger partial charge in [0.05, 0.1) is 28.6 Å². The number of fused-ring (bicyclic) bond motifs is 1. The van der Waals surface area contributed by atoms with Crippen LogP contribution in [-0.4, -0.2) is 65.2 Å². The summed E-state index contributed by atoms with van der Waals surface area (Å²) in [4.78, 5) is 42.3. The minimum atomic E-state index is -1.01. The van der Waals surface area contributed by atoms with E-state index in [1.54, 1.807) is 11.0 Å². The summed E-state index contributed by atoms with van der Waals surface area (Å²) in [7, 11) is 0. The van der Waals surface area contributed by atoms with Gasteiger partial charge in [0.1, 0.15) is 11.6 Å². The summed E-state index contributed by atoms with van der Waals surface area (Å²) in [6, 6.07) is 4.58. The molecule has 9 heteroatoms. The fourth-order valence-corrected chi connectivity index (χ4v) is 6.36. The summed E-state index contributed by atoms with van der Waals surface area (Å²) in [6.45, 7) is 4.93. The Kier molecular flexibility index (Phi) is 8.03. The Bertz CT molecular complexity index is 952. The molecule has 1 aromatic rings. The first kappa shape index (κ1) is 25.9. The van der Waals surface area contributed by atoms with Crippen LogP contribution in [0.25, 0.3) is 0 Å². The number of hydrogen-bond acceptors (Lipinski definition) is 5. The first-order valence-electron chi connectivity index (χ1n) is 12.8. The minimum absolute atomic E-state index is 0.139. The van der Waals surface area contributed by atoms with Gasteiger partial charge in [0.25, 0.3) is 0 Å². The summed E-state index contributed by atoms with van der Waals surface area (Å²) in [5, 5.41) is 15.4. The van der Waals surface area contributed by atoms with Gasteiger partial charge in [-0.15, -0.1) is 0 Å². The highest BCUT2D eigenvalue weighted by atomic mass is 35.5. The van der Waals surface area contributed by atoms with Gasteiger partial charge in [0.15, 0.2) is 0 Å². The van der Waals surface area contributed by atoms with Crippen molar-refractivity contribution < 1.29 is 24.2 Å². The molecule has 0 aliphatic carbocycles. The van der Waals surface area contributed by atoms with Gasteiger partial charge in [-0.3, -0.25) is 14.4 Å².